The van der Waals surface area contributed by atoms with Crippen LogP contribution in [-0.4, -0.2) is 47.1 Å². The smallest absolute Gasteiger partial charge is 0.221 e. The van der Waals surface area contributed by atoms with Crippen LogP contribution < -0.4 is 11.1 Å². The maximum atomic E-state index is 11.3. The molecule has 2 rings (SSSR count). The molecule has 1 aliphatic rings. The largest absolute Gasteiger partial charge is 0.389 e. The van der Waals surface area contributed by atoms with Crippen LogP contribution in [-0.2, 0) is 4.79 Å². The number of β-amino-alcohol motifs (C(OH)–C–C–N with tert-alkyl or cyclic N) is 1. The predicted octanol–water partition coefficient (Wildman–Crippen LogP) is 0.176. The number of carbonyl (C=O) groups excluding carboxylic acids is 1. The Bertz CT molecular complexity index is 490. The molecule has 0 spiro atoms. The summed E-state index contributed by atoms with van der Waals surface area (Å²) >= 11 is 4.90. The number of hydrogen-bond acceptors (Lipinski definition) is 4. The van der Waals surface area contributed by atoms with Crippen LogP contribution in [0.4, 0.5) is 0 Å². The van der Waals surface area contributed by atoms with Gasteiger partial charge in [-0.2, -0.15) is 0 Å². The van der Waals surface area contributed by atoms with Crippen LogP contribution in [0.15, 0.2) is 24.3 Å². The minimum atomic E-state index is -0.580. The fourth-order valence-corrected chi connectivity index (χ4v) is 2.35. The van der Waals surface area contributed by atoms with Crippen LogP contribution in [0.3, 0.4) is 0 Å². The molecule has 1 aliphatic heterocycles. The summed E-state index contributed by atoms with van der Waals surface area (Å²) in [6.45, 7) is 2.58. The Morgan fingerprint density at radius 3 is 2.75 bits per heavy atom. The molecule has 1 atom stereocenters. The van der Waals surface area contributed by atoms with Crippen LogP contribution in [0.5, 0.6) is 0 Å². The lowest BCUT2D eigenvalue weighted by atomic mass is 10.1. The lowest BCUT2D eigenvalue weighted by molar-refractivity contribution is -0.120. The molecule has 0 radical (unpaired) electrons. The summed E-state index contributed by atoms with van der Waals surface area (Å²) in [4.78, 5) is 13.7. The number of nitrogens with zero attached hydrogens (tertiary/aromatic N) is 1. The lowest BCUT2D eigenvalue weighted by Crippen LogP contribution is -2.32. The molecule has 1 unspecified atom stereocenters. The predicted molar refractivity (Wildman–Crippen MR) is 81.4 cm³/mol. The molecule has 1 fully saturated rings. The Kier molecular flexibility index (Phi) is 5.05. The monoisotopic (exact) mass is 293 g/mol. The minimum Gasteiger partial charge on any atom is -0.389 e. The molecule has 6 heteroatoms. The van der Waals surface area contributed by atoms with Crippen molar-refractivity contribution < 1.29 is 9.90 Å². The fourth-order valence-electron chi connectivity index (χ4n) is 2.22. The topological polar surface area (TPSA) is 78.6 Å². The standard InChI is InChI=1S/C14H19N3O2S/c15-14(20)11-3-1-10(2-4-11)12(18)9-17-7-5-13(19)16-6-8-17/h1-4,12,18H,5-9H2,(H2,15,20)(H,16,19). The molecule has 1 aromatic carbocycles. The van der Waals surface area contributed by atoms with Gasteiger partial charge in [-0.05, 0) is 5.56 Å². The van der Waals surface area contributed by atoms with Gasteiger partial charge in [0.05, 0.1) is 6.10 Å². The molecule has 0 aliphatic carbocycles. The van der Waals surface area contributed by atoms with Crippen molar-refractivity contribution in [3.63, 3.8) is 0 Å². The van der Waals surface area contributed by atoms with E-state index in [4.69, 9.17) is 18.0 Å². The highest BCUT2D eigenvalue weighted by Crippen LogP contribution is 2.16. The van der Waals surface area contributed by atoms with Gasteiger partial charge in [0, 0.05) is 38.2 Å². The molecular weight excluding hydrogens is 274 g/mol. The highest BCUT2D eigenvalue weighted by atomic mass is 32.1. The molecule has 1 saturated heterocycles. The van der Waals surface area contributed by atoms with Crippen molar-refractivity contribution in [1.29, 1.82) is 0 Å². The summed E-state index contributed by atoms with van der Waals surface area (Å²) in [5.41, 5.74) is 7.16. The van der Waals surface area contributed by atoms with Gasteiger partial charge in [0.25, 0.3) is 0 Å². The van der Waals surface area contributed by atoms with E-state index in [0.29, 0.717) is 31.0 Å². The summed E-state index contributed by atoms with van der Waals surface area (Å²) in [7, 11) is 0. The van der Waals surface area contributed by atoms with E-state index in [1.165, 1.54) is 0 Å². The number of rotatable bonds is 4. The number of aliphatic hydroxyl groups excluding tert-OH is 1. The van der Waals surface area contributed by atoms with Gasteiger partial charge >= 0.3 is 0 Å². The maximum absolute atomic E-state index is 11.3. The minimum absolute atomic E-state index is 0.0720. The third-order valence-corrected chi connectivity index (χ3v) is 3.65. The van der Waals surface area contributed by atoms with Crippen molar-refractivity contribution in [3.8, 4) is 0 Å². The average molecular weight is 293 g/mol. The number of amides is 1. The number of thiocarbonyl (C=S) groups is 1. The summed E-state index contributed by atoms with van der Waals surface area (Å²) in [6.07, 6.45) is -0.101. The SMILES string of the molecule is NC(=S)c1ccc(C(O)CN2CCNC(=O)CC2)cc1. The van der Waals surface area contributed by atoms with E-state index in [-0.39, 0.29) is 5.91 Å². The van der Waals surface area contributed by atoms with Crippen molar-refractivity contribution in [2.45, 2.75) is 12.5 Å². The Hall–Kier alpha value is -1.50. The van der Waals surface area contributed by atoms with E-state index in [1.807, 2.05) is 24.3 Å². The van der Waals surface area contributed by atoms with Crippen molar-refractivity contribution in [2.75, 3.05) is 26.2 Å². The van der Waals surface area contributed by atoms with Crippen LogP contribution in [0, 0.1) is 0 Å². The summed E-state index contributed by atoms with van der Waals surface area (Å²) in [6, 6.07) is 7.30. The third kappa shape index (κ3) is 4.00. The molecule has 108 valence electrons. The zero-order valence-corrected chi connectivity index (χ0v) is 12.0. The number of nitrogens with two attached hydrogens (primary N) is 1. The molecule has 0 aromatic heterocycles. The van der Waals surface area contributed by atoms with E-state index in [1.54, 1.807) is 0 Å². The van der Waals surface area contributed by atoms with E-state index < -0.39 is 6.10 Å². The molecule has 1 heterocycles. The Balaban J connectivity index is 1.95. The average Bonchev–Trinajstić information content (AvgIpc) is 2.64. The van der Waals surface area contributed by atoms with Gasteiger partial charge in [-0.1, -0.05) is 36.5 Å². The summed E-state index contributed by atoms with van der Waals surface area (Å²) in [5, 5.41) is 13.1. The zero-order valence-electron chi connectivity index (χ0n) is 11.2. The van der Waals surface area contributed by atoms with Crippen molar-refractivity contribution >= 4 is 23.1 Å². The van der Waals surface area contributed by atoms with Gasteiger partial charge in [0.2, 0.25) is 5.91 Å². The van der Waals surface area contributed by atoms with Crippen molar-refractivity contribution in [1.82, 2.24) is 10.2 Å². The fraction of sp³-hybridized carbons (Fsp3) is 0.429. The Morgan fingerprint density at radius 1 is 1.40 bits per heavy atom. The van der Waals surface area contributed by atoms with E-state index in [9.17, 15) is 9.90 Å². The molecular formula is C14H19N3O2S. The number of aliphatic hydroxyl groups is 1. The summed E-state index contributed by atoms with van der Waals surface area (Å²) in [5.74, 6) is 0.0720. The normalized spacial score (nSPS) is 18.1. The summed E-state index contributed by atoms with van der Waals surface area (Å²) < 4.78 is 0. The van der Waals surface area contributed by atoms with Gasteiger partial charge in [-0.3, -0.25) is 9.69 Å². The number of carbonyl (C=O) groups is 1. The van der Waals surface area contributed by atoms with Crippen LogP contribution in [0.25, 0.3) is 0 Å². The molecule has 0 saturated carbocycles. The van der Waals surface area contributed by atoms with Gasteiger partial charge in [-0.15, -0.1) is 0 Å². The third-order valence-electron chi connectivity index (χ3n) is 3.42. The van der Waals surface area contributed by atoms with Crippen LogP contribution in [0.2, 0.25) is 0 Å². The maximum Gasteiger partial charge on any atom is 0.221 e. The number of hydrogen-bond donors (Lipinski definition) is 3. The van der Waals surface area contributed by atoms with Gasteiger partial charge in [0.15, 0.2) is 0 Å². The molecule has 0 bridgehead atoms. The molecule has 4 N–H and O–H groups in total. The first-order valence-corrected chi connectivity index (χ1v) is 7.04. The van der Waals surface area contributed by atoms with Crippen LogP contribution in [0.1, 0.15) is 23.7 Å². The quantitative estimate of drug-likeness (QED) is 0.690. The van der Waals surface area contributed by atoms with Crippen molar-refractivity contribution in [2.24, 2.45) is 5.73 Å². The second kappa shape index (κ2) is 6.78. The highest BCUT2D eigenvalue weighted by Gasteiger charge is 2.17. The number of benzene rings is 1. The van der Waals surface area contributed by atoms with E-state index in [2.05, 4.69) is 10.2 Å². The molecule has 20 heavy (non-hydrogen) atoms. The Morgan fingerprint density at radius 2 is 2.10 bits per heavy atom. The lowest BCUT2D eigenvalue weighted by Gasteiger charge is -2.22. The van der Waals surface area contributed by atoms with E-state index >= 15 is 0 Å². The second-order valence-corrected chi connectivity index (χ2v) is 5.34. The second-order valence-electron chi connectivity index (χ2n) is 4.90. The number of nitrogens with one attached hydrogen (secondary N) is 1. The Labute approximate surface area is 123 Å². The first-order chi connectivity index (χ1) is 9.56. The highest BCUT2D eigenvalue weighted by molar-refractivity contribution is 7.80. The van der Waals surface area contributed by atoms with Gasteiger partial charge in [0.1, 0.15) is 4.99 Å². The first-order valence-electron chi connectivity index (χ1n) is 6.63. The van der Waals surface area contributed by atoms with Gasteiger partial charge < -0.3 is 16.2 Å². The van der Waals surface area contributed by atoms with E-state index in [0.717, 1.165) is 17.7 Å². The van der Waals surface area contributed by atoms with Crippen LogP contribution >= 0.6 is 12.2 Å². The zero-order chi connectivity index (χ0) is 14.5. The molecule has 1 aromatic rings. The molecule has 5 nitrogen and oxygen atoms in total. The van der Waals surface area contributed by atoms with Gasteiger partial charge in [-0.25, -0.2) is 0 Å². The first kappa shape index (κ1) is 14.9. The molecule has 1 amide bonds. The van der Waals surface area contributed by atoms with Crippen molar-refractivity contribution in [3.05, 3.63) is 35.4 Å².